The van der Waals surface area contributed by atoms with Crippen LogP contribution in [0.25, 0.3) is 0 Å². The molecule has 2 aromatic rings. The molecular weight excluding hydrogens is 326 g/mol. The summed E-state index contributed by atoms with van der Waals surface area (Å²) in [5.74, 6) is -0.0781. The number of nitrogens with one attached hydrogen (secondary N) is 1. The fourth-order valence-corrected chi connectivity index (χ4v) is 3.28. The van der Waals surface area contributed by atoms with Crippen molar-refractivity contribution in [3.8, 4) is 0 Å². The van der Waals surface area contributed by atoms with Crippen LogP contribution < -0.4 is 4.72 Å². The normalized spacial score (nSPS) is 12.5. The number of carbonyl (C=O) groups excluding carboxylic acids is 1. The van der Waals surface area contributed by atoms with E-state index in [0.29, 0.717) is 17.2 Å². The zero-order chi connectivity index (χ0) is 17.7. The van der Waals surface area contributed by atoms with E-state index < -0.39 is 16.0 Å². The van der Waals surface area contributed by atoms with Crippen molar-refractivity contribution in [2.45, 2.75) is 31.1 Å². The molecule has 0 aliphatic carbocycles. The van der Waals surface area contributed by atoms with Gasteiger partial charge in [-0.3, -0.25) is 4.72 Å². The largest absolute Gasteiger partial charge is 0.465 e. The Morgan fingerprint density at radius 2 is 1.67 bits per heavy atom. The topological polar surface area (TPSA) is 72.5 Å². The Morgan fingerprint density at radius 1 is 1.08 bits per heavy atom. The molecule has 1 atom stereocenters. The molecule has 0 saturated heterocycles. The van der Waals surface area contributed by atoms with Crippen molar-refractivity contribution in [1.82, 2.24) is 0 Å². The van der Waals surface area contributed by atoms with Crippen LogP contribution in [0.2, 0.25) is 0 Å². The Kier molecular flexibility index (Phi) is 5.62. The van der Waals surface area contributed by atoms with E-state index in [-0.39, 0.29) is 4.90 Å². The standard InChI is InChI=1S/C18H21NO4S/c1-4-13(2)14-7-11-17(12-8-14)24(21,22)19-16-9-5-15(6-10-16)18(20)23-3/h5-13,19H,4H2,1-3H3/t13-/m1/s1. The van der Waals surface area contributed by atoms with Gasteiger partial charge in [-0.2, -0.15) is 0 Å². The minimum atomic E-state index is -3.67. The number of methoxy groups -OCH3 is 1. The quantitative estimate of drug-likeness (QED) is 0.807. The molecule has 0 aromatic heterocycles. The Labute approximate surface area is 142 Å². The minimum absolute atomic E-state index is 0.201. The van der Waals surface area contributed by atoms with E-state index >= 15 is 0 Å². The van der Waals surface area contributed by atoms with Gasteiger partial charge < -0.3 is 4.74 Å². The average Bonchev–Trinajstić information content (AvgIpc) is 2.60. The highest BCUT2D eigenvalue weighted by Crippen LogP contribution is 2.22. The molecule has 0 aliphatic rings. The number of sulfonamides is 1. The van der Waals surface area contributed by atoms with E-state index in [4.69, 9.17) is 0 Å². The summed E-state index contributed by atoms with van der Waals surface area (Å²) in [5, 5.41) is 0. The minimum Gasteiger partial charge on any atom is -0.465 e. The first-order valence-corrected chi connectivity index (χ1v) is 9.17. The van der Waals surface area contributed by atoms with Crippen LogP contribution in [0.15, 0.2) is 53.4 Å². The second-order valence-electron chi connectivity index (χ2n) is 5.55. The van der Waals surface area contributed by atoms with Crippen molar-refractivity contribution >= 4 is 21.7 Å². The van der Waals surface area contributed by atoms with Gasteiger partial charge in [-0.05, 0) is 54.3 Å². The van der Waals surface area contributed by atoms with E-state index in [2.05, 4.69) is 23.3 Å². The van der Waals surface area contributed by atoms with Gasteiger partial charge in [0.15, 0.2) is 0 Å². The van der Waals surface area contributed by atoms with Crippen LogP contribution in [0, 0.1) is 0 Å². The average molecular weight is 347 g/mol. The summed E-state index contributed by atoms with van der Waals surface area (Å²) in [6, 6.07) is 12.9. The maximum absolute atomic E-state index is 12.4. The first kappa shape index (κ1) is 18.0. The van der Waals surface area contributed by atoms with Gasteiger partial charge in [0.25, 0.3) is 10.0 Å². The molecule has 0 spiro atoms. The third kappa shape index (κ3) is 4.14. The van der Waals surface area contributed by atoms with Gasteiger partial charge in [0.05, 0.1) is 17.6 Å². The van der Waals surface area contributed by atoms with Crippen molar-refractivity contribution in [1.29, 1.82) is 0 Å². The third-order valence-electron chi connectivity index (χ3n) is 3.93. The number of rotatable bonds is 6. The number of anilines is 1. The first-order valence-electron chi connectivity index (χ1n) is 7.68. The SMILES string of the molecule is CC[C@@H](C)c1ccc(S(=O)(=O)Nc2ccc(C(=O)OC)cc2)cc1. The van der Waals surface area contributed by atoms with Gasteiger partial charge in [0.1, 0.15) is 0 Å². The van der Waals surface area contributed by atoms with Gasteiger partial charge in [-0.15, -0.1) is 0 Å². The molecule has 1 N–H and O–H groups in total. The molecule has 5 nitrogen and oxygen atoms in total. The van der Waals surface area contributed by atoms with E-state index in [1.165, 1.54) is 31.4 Å². The van der Waals surface area contributed by atoms with Gasteiger partial charge in [-0.1, -0.05) is 26.0 Å². The predicted molar refractivity (Wildman–Crippen MR) is 93.7 cm³/mol. The number of esters is 1. The van der Waals surface area contributed by atoms with Gasteiger partial charge in [0, 0.05) is 5.69 Å². The van der Waals surface area contributed by atoms with Crippen molar-refractivity contribution in [2.75, 3.05) is 11.8 Å². The summed E-state index contributed by atoms with van der Waals surface area (Å²) in [7, 11) is -2.37. The molecule has 2 aromatic carbocycles. The molecule has 0 unspecified atom stereocenters. The predicted octanol–water partition coefficient (Wildman–Crippen LogP) is 3.79. The number of benzene rings is 2. The van der Waals surface area contributed by atoms with Crippen molar-refractivity contribution in [3.05, 3.63) is 59.7 Å². The van der Waals surface area contributed by atoms with Crippen molar-refractivity contribution < 1.29 is 17.9 Å². The van der Waals surface area contributed by atoms with Crippen LogP contribution in [-0.4, -0.2) is 21.5 Å². The second kappa shape index (κ2) is 7.49. The Balaban J connectivity index is 2.17. The van der Waals surface area contributed by atoms with Crippen LogP contribution in [0.1, 0.15) is 42.1 Å². The maximum atomic E-state index is 12.4. The zero-order valence-corrected chi connectivity index (χ0v) is 14.8. The van der Waals surface area contributed by atoms with Crippen LogP contribution in [-0.2, 0) is 14.8 Å². The summed E-state index contributed by atoms with van der Waals surface area (Å²) in [6.07, 6.45) is 0.997. The van der Waals surface area contributed by atoms with E-state index in [1.807, 2.05) is 12.1 Å². The van der Waals surface area contributed by atoms with Crippen LogP contribution >= 0.6 is 0 Å². The monoisotopic (exact) mass is 347 g/mol. The fraction of sp³-hybridized carbons (Fsp3) is 0.278. The summed E-state index contributed by atoms with van der Waals surface area (Å²) in [5.41, 5.74) is 1.85. The van der Waals surface area contributed by atoms with Crippen LogP contribution in [0.4, 0.5) is 5.69 Å². The number of ether oxygens (including phenoxy) is 1. The number of hydrogen-bond donors (Lipinski definition) is 1. The van der Waals surface area contributed by atoms with Gasteiger partial charge in [-0.25, -0.2) is 13.2 Å². The van der Waals surface area contributed by atoms with E-state index in [0.717, 1.165) is 12.0 Å². The first-order chi connectivity index (χ1) is 11.4. The van der Waals surface area contributed by atoms with Crippen LogP contribution in [0.5, 0.6) is 0 Å². The lowest BCUT2D eigenvalue weighted by molar-refractivity contribution is 0.0601. The van der Waals surface area contributed by atoms with Gasteiger partial charge in [0.2, 0.25) is 0 Å². The van der Waals surface area contributed by atoms with Crippen LogP contribution in [0.3, 0.4) is 0 Å². The molecule has 6 heteroatoms. The smallest absolute Gasteiger partial charge is 0.337 e. The summed E-state index contributed by atoms with van der Waals surface area (Å²) in [4.78, 5) is 11.6. The second-order valence-corrected chi connectivity index (χ2v) is 7.24. The highest BCUT2D eigenvalue weighted by atomic mass is 32.2. The molecule has 2 rings (SSSR count). The molecule has 24 heavy (non-hydrogen) atoms. The fourth-order valence-electron chi connectivity index (χ4n) is 2.22. The lowest BCUT2D eigenvalue weighted by atomic mass is 9.99. The highest BCUT2D eigenvalue weighted by Gasteiger charge is 2.15. The molecular formula is C18H21NO4S. The lowest BCUT2D eigenvalue weighted by Gasteiger charge is -2.11. The van der Waals surface area contributed by atoms with E-state index in [9.17, 15) is 13.2 Å². The number of hydrogen-bond acceptors (Lipinski definition) is 4. The molecule has 0 saturated carbocycles. The Bertz CT molecular complexity index is 796. The number of carbonyl (C=O) groups is 1. The van der Waals surface area contributed by atoms with E-state index in [1.54, 1.807) is 12.1 Å². The van der Waals surface area contributed by atoms with Crippen molar-refractivity contribution in [3.63, 3.8) is 0 Å². The molecule has 0 bridgehead atoms. The summed E-state index contributed by atoms with van der Waals surface area (Å²) < 4.78 is 32.0. The Hall–Kier alpha value is -2.34. The molecule has 0 fully saturated rings. The lowest BCUT2D eigenvalue weighted by Crippen LogP contribution is -2.13. The Morgan fingerprint density at radius 3 is 2.17 bits per heavy atom. The zero-order valence-electron chi connectivity index (χ0n) is 13.9. The molecule has 0 aliphatic heterocycles. The summed E-state index contributed by atoms with van der Waals surface area (Å²) in [6.45, 7) is 4.19. The molecule has 0 amide bonds. The maximum Gasteiger partial charge on any atom is 0.337 e. The summed E-state index contributed by atoms with van der Waals surface area (Å²) >= 11 is 0. The van der Waals surface area contributed by atoms with Gasteiger partial charge >= 0.3 is 5.97 Å². The molecule has 128 valence electrons. The van der Waals surface area contributed by atoms with Crippen molar-refractivity contribution in [2.24, 2.45) is 0 Å². The molecule has 0 heterocycles. The molecule has 0 radical (unpaired) electrons. The highest BCUT2D eigenvalue weighted by molar-refractivity contribution is 7.92. The third-order valence-corrected chi connectivity index (χ3v) is 5.33.